The van der Waals surface area contributed by atoms with Crippen LogP contribution >= 0.6 is 0 Å². The second-order valence-corrected chi connectivity index (χ2v) is 10.4. The van der Waals surface area contributed by atoms with Crippen LogP contribution in [0.15, 0.2) is 36.4 Å². The third-order valence-corrected chi connectivity index (χ3v) is 7.61. The normalized spacial score (nSPS) is 17.9. The van der Waals surface area contributed by atoms with Gasteiger partial charge >= 0.3 is 0 Å². The third-order valence-electron chi connectivity index (χ3n) is 7.61. The molecule has 2 amide bonds. The summed E-state index contributed by atoms with van der Waals surface area (Å²) < 4.78 is 0. The average molecular weight is 545 g/mol. The van der Waals surface area contributed by atoms with Gasteiger partial charge in [-0.15, -0.1) is 0 Å². The van der Waals surface area contributed by atoms with Crippen molar-refractivity contribution in [1.29, 1.82) is 0 Å². The summed E-state index contributed by atoms with van der Waals surface area (Å²) in [5, 5.41) is 32.9. The minimum atomic E-state index is -0.867. The number of benzene rings is 2. The van der Waals surface area contributed by atoms with E-state index in [-0.39, 0.29) is 62.6 Å². The highest BCUT2D eigenvalue weighted by atomic mass is 16.3. The molecule has 214 valence electrons. The molecule has 2 aromatic rings. The Labute approximate surface area is 229 Å². The smallest absolute Gasteiger partial charge is 0.227 e. The van der Waals surface area contributed by atoms with Gasteiger partial charge in [-0.2, -0.15) is 0 Å². The van der Waals surface area contributed by atoms with E-state index in [1.807, 2.05) is 24.3 Å². The van der Waals surface area contributed by atoms with Crippen LogP contribution < -0.4 is 11.1 Å². The largest absolute Gasteiger partial charge is 0.507 e. The molecule has 0 aliphatic heterocycles. The van der Waals surface area contributed by atoms with E-state index < -0.39 is 36.6 Å². The van der Waals surface area contributed by atoms with Crippen LogP contribution in [0.4, 0.5) is 5.69 Å². The van der Waals surface area contributed by atoms with Crippen molar-refractivity contribution >= 4 is 29.1 Å². The number of carbonyl (C=O) groups is 4. The monoisotopic (exact) mass is 544 g/mol. The van der Waals surface area contributed by atoms with Crippen LogP contribution in [0.3, 0.4) is 0 Å². The fourth-order valence-electron chi connectivity index (χ4n) is 5.54. The Bertz CT molecular complexity index is 1230. The molecule has 1 saturated carbocycles. The molecular formula is C29H40N2O8. The summed E-state index contributed by atoms with van der Waals surface area (Å²) >= 11 is 0. The topological polar surface area (TPSA) is 199 Å². The number of nitrogens with two attached hydrogens (primary N) is 1. The zero-order chi connectivity index (χ0) is 27.4. The molecule has 1 fully saturated rings. The quantitative estimate of drug-likeness (QED) is 0.252. The maximum Gasteiger partial charge on any atom is 0.227 e. The molecule has 10 nitrogen and oxygen atoms in total. The summed E-state index contributed by atoms with van der Waals surface area (Å²) in [6.45, 7) is -0.693. The molecular weight excluding hydrogens is 504 g/mol. The van der Waals surface area contributed by atoms with E-state index in [0.29, 0.717) is 24.1 Å². The number of aliphatic hydroxyl groups is 2. The van der Waals surface area contributed by atoms with Crippen molar-refractivity contribution in [3.8, 4) is 16.9 Å². The number of primary amides is 1. The first-order valence-electron chi connectivity index (χ1n) is 13.0. The number of Topliss-reactive ketones (excluding diaryl/α,β-unsaturated/α-hetero) is 2. The zero-order valence-corrected chi connectivity index (χ0v) is 21.7. The van der Waals surface area contributed by atoms with Crippen molar-refractivity contribution in [3.63, 3.8) is 0 Å². The van der Waals surface area contributed by atoms with Crippen molar-refractivity contribution in [1.82, 2.24) is 0 Å². The minimum absolute atomic E-state index is 0. The number of fused-ring (bicyclic) bond motifs is 1. The van der Waals surface area contributed by atoms with Gasteiger partial charge in [0.15, 0.2) is 5.78 Å². The molecule has 0 bridgehead atoms. The molecule has 0 aromatic heterocycles. The Morgan fingerprint density at radius 2 is 1.74 bits per heavy atom. The molecule has 2 aromatic carbocycles. The van der Waals surface area contributed by atoms with E-state index >= 15 is 0 Å². The van der Waals surface area contributed by atoms with Crippen molar-refractivity contribution in [2.45, 2.75) is 44.9 Å². The van der Waals surface area contributed by atoms with Crippen LogP contribution in [0.25, 0.3) is 11.1 Å². The minimum Gasteiger partial charge on any atom is -0.507 e. The van der Waals surface area contributed by atoms with Gasteiger partial charge in [-0.1, -0.05) is 18.2 Å². The molecule has 8 N–H and O–H groups in total. The van der Waals surface area contributed by atoms with E-state index in [1.165, 1.54) is 6.07 Å². The van der Waals surface area contributed by atoms with Gasteiger partial charge in [0.2, 0.25) is 11.8 Å². The van der Waals surface area contributed by atoms with Gasteiger partial charge in [-0.25, -0.2) is 0 Å². The van der Waals surface area contributed by atoms with Gasteiger partial charge in [0.1, 0.15) is 11.5 Å². The highest BCUT2D eigenvalue weighted by Crippen LogP contribution is 2.41. The van der Waals surface area contributed by atoms with Crippen LogP contribution in [0, 0.1) is 23.7 Å². The predicted octanol–water partition coefficient (Wildman–Crippen LogP) is 2.26. The van der Waals surface area contributed by atoms with E-state index in [0.717, 1.165) is 24.0 Å². The van der Waals surface area contributed by atoms with Gasteiger partial charge in [0.05, 0.1) is 18.6 Å². The molecule has 2 aliphatic carbocycles. The van der Waals surface area contributed by atoms with Gasteiger partial charge in [-0.3, -0.25) is 19.2 Å². The number of nitrogens with one attached hydrogen (secondary N) is 1. The Hall–Kier alpha value is -3.60. The van der Waals surface area contributed by atoms with Crippen molar-refractivity contribution in [2.75, 3.05) is 18.5 Å². The van der Waals surface area contributed by atoms with Crippen LogP contribution in [-0.2, 0) is 20.8 Å². The van der Waals surface area contributed by atoms with E-state index in [9.17, 15) is 34.5 Å². The summed E-state index contributed by atoms with van der Waals surface area (Å²) in [4.78, 5) is 49.1. The number of hydrogen-bond acceptors (Lipinski definition) is 7. The molecule has 0 heterocycles. The number of rotatable bonds is 12. The van der Waals surface area contributed by atoms with Crippen LogP contribution in [0.2, 0.25) is 0 Å². The molecule has 10 heteroatoms. The number of phenols is 1. The Balaban J connectivity index is 0.00000280. The molecule has 4 rings (SSSR count). The van der Waals surface area contributed by atoms with E-state index in [2.05, 4.69) is 5.32 Å². The van der Waals surface area contributed by atoms with Crippen LogP contribution in [-0.4, -0.2) is 57.4 Å². The second-order valence-electron chi connectivity index (χ2n) is 10.4. The summed E-state index contributed by atoms with van der Waals surface area (Å²) in [6.07, 6.45) is 2.55. The highest BCUT2D eigenvalue weighted by Gasteiger charge is 2.35. The summed E-state index contributed by atoms with van der Waals surface area (Å²) in [5.74, 6) is -2.95. The first-order valence-corrected chi connectivity index (χ1v) is 13.0. The SMILES string of the molecule is NC(=O)CC(=O)C(CO)C(CCO)CC1CC(=O)c2c(O)ccc(-c3ccc(NC(=O)C4CC4)cc3)c2C1.O.[HH].[HH]. The molecule has 0 radical (unpaired) electrons. The lowest BCUT2D eigenvalue weighted by atomic mass is 9.72. The molecule has 39 heavy (non-hydrogen) atoms. The lowest BCUT2D eigenvalue weighted by Gasteiger charge is -2.31. The van der Waals surface area contributed by atoms with Crippen LogP contribution in [0.1, 0.15) is 57.3 Å². The van der Waals surface area contributed by atoms with Crippen molar-refractivity contribution < 1.29 is 42.8 Å². The molecule has 2 aliphatic rings. The number of aromatic hydroxyl groups is 1. The number of anilines is 1. The lowest BCUT2D eigenvalue weighted by molar-refractivity contribution is -0.131. The maximum absolute atomic E-state index is 13.2. The molecule has 3 unspecified atom stereocenters. The molecule has 0 saturated heterocycles. The fraction of sp³-hybridized carbons (Fsp3) is 0.448. The van der Waals surface area contributed by atoms with Gasteiger partial charge in [-0.05, 0) is 78.8 Å². The maximum atomic E-state index is 13.2. The predicted molar refractivity (Wildman–Crippen MR) is 148 cm³/mol. The number of hydrogen-bond donors (Lipinski definition) is 5. The highest BCUT2D eigenvalue weighted by molar-refractivity contribution is 6.03. The summed E-state index contributed by atoms with van der Waals surface area (Å²) in [6, 6.07) is 10.6. The van der Waals surface area contributed by atoms with Gasteiger partial charge < -0.3 is 31.8 Å². The number of aliphatic hydroxyl groups excluding tert-OH is 2. The Kier molecular flexibility index (Phi) is 9.96. The van der Waals surface area contributed by atoms with Crippen molar-refractivity contribution in [3.05, 3.63) is 47.5 Å². The summed E-state index contributed by atoms with van der Waals surface area (Å²) in [7, 11) is 0. The third kappa shape index (κ3) is 7.08. The Morgan fingerprint density at radius 3 is 2.33 bits per heavy atom. The number of ketones is 2. The lowest BCUT2D eigenvalue weighted by Crippen LogP contribution is -2.33. The van der Waals surface area contributed by atoms with Gasteiger partial charge in [0, 0.05) is 33.4 Å². The molecule has 0 spiro atoms. The molecule has 3 atom stereocenters. The zero-order valence-electron chi connectivity index (χ0n) is 21.7. The van der Waals surface area contributed by atoms with Gasteiger partial charge in [0.25, 0.3) is 0 Å². The number of amides is 2. The first kappa shape index (κ1) is 29.9. The van der Waals surface area contributed by atoms with Crippen LogP contribution in [0.5, 0.6) is 5.75 Å². The standard InChI is InChI=1S/C29H34N2O7.H2O.2H2/c30-27(37)14-25(35)23(15-33)19(9-10-32)11-16-12-22-21(7-8-24(34)28(22)26(36)13-16)17-3-5-20(6-4-17)31-29(38)18-1-2-18;;;/h3-8,16,18-19,23,32-34H,1-2,9-15H2,(H2,30,37)(H,31,38);1H2;2*1H. The Morgan fingerprint density at radius 1 is 1.05 bits per heavy atom. The second kappa shape index (κ2) is 13.0. The fourth-order valence-corrected chi connectivity index (χ4v) is 5.54. The van der Waals surface area contributed by atoms with E-state index in [1.54, 1.807) is 6.07 Å². The number of phenolic OH excluding ortho intramolecular Hbond substituents is 1. The first-order chi connectivity index (χ1) is 18.2. The average Bonchev–Trinajstić information content (AvgIpc) is 3.71. The summed E-state index contributed by atoms with van der Waals surface area (Å²) in [5.41, 5.74) is 8.47. The van der Waals surface area contributed by atoms with E-state index in [4.69, 9.17) is 5.73 Å². The van der Waals surface area contributed by atoms with Crippen molar-refractivity contribution in [2.24, 2.45) is 29.4 Å². The number of carbonyl (C=O) groups excluding carboxylic acids is 4.